The molecular formula is C14H18N4O. The summed E-state index contributed by atoms with van der Waals surface area (Å²) in [5.74, 6) is 2.07. The van der Waals surface area contributed by atoms with Crippen LogP contribution in [-0.4, -0.2) is 27.8 Å². The SMILES string of the molecule is c1ccn(C2(c3noc(C4CNC4)n3)CCCC2)c1. The lowest BCUT2D eigenvalue weighted by molar-refractivity contribution is 0.290. The molecule has 0 radical (unpaired) electrons. The Labute approximate surface area is 112 Å². The second kappa shape index (κ2) is 4.20. The monoisotopic (exact) mass is 258 g/mol. The predicted octanol–water partition coefficient (Wildman–Crippen LogP) is 1.88. The van der Waals surface area contributed by atoms with Crippen LogP contribution in [-0.2, 0) is 5.54 Å². The Balaban J connectivity index is 1.72. The van der Waals surface area contributed by atoms with Crippen molar-refractivity contribution in [1.29, 1.82) is 0 Å². The van der Waals surface area contributed by atoms with E-state index in [2.05, 4.69) is 39.6 Å². The minimum absolute atomic E-state index is 0.0809. The maximum absolute atomic E-state index is 5.49. The van der Waals surface area contributed by atoms with E-state index in [0.29, 0.717) is 5.92 Å². The first-order chi connectivity index (χ1) is 9.38. The molecule has 2 aliphatic rings. The third-order valence-electron chi connectivity index (χ3n) is 4.52. The lowest BCUT2D eigenvalue weighted by Crippen LogP contribution is -2.40. The molecule has 1 aliphatic heterocycles. The molecule has 1 saturated heterocycles. The van der Waals surface area contributed by atoms with Crippen LogP contribution in [0.1, 0.15) is 43.3 Å². The van der Waals surface area contributed by atoms with Gasteiger partial charge >= 0.3 is 0 Å². The first kappa shape index (κ1) is 11.2. The van der Waals surface area contributed by atoms with E-state index in [0.717, 1.165) is 37.6 Å². The van der Waals surface area contributed by atoms with Crippen molar-refractivity contribution in [3.05, 3.63) is 36.2 Å². The molecule has 2 fully saturated rings. The van der Waals surface area contributed by atoms with Crippen molar-refractivity contribution >= 4 is 0 Å². The highest BCUT2D eigenvalue weighted by atomic mass is 16.5. The van der Waals surface area contributed by atoms with Gasteiger partial charge in [-0.25, -0.2) is 0 Å². The van der Waals surface area contributed by atoms with Crippen molar-refractivity contribution in [2.45, 2.75) is 37.1 Å². The van der Waals surface area contributed by atoms with Crippen LogP contribution in [0, 0.1) is 0 Å². The summed E-state index contributed by atoms with van der Waals surface area (Å²) in [6, 6.07) is 4.13. The fourth-order valence-corrected chi connectivity index (χ4v) is 3.23. The number of aromatic nitrogens is 3. The smallest absolute Gasteiger partial charge is 0.232 e. The van der Waals surface area contributed by atoms with Gasteiger partial charge in [0.05, 0.1) is 5.92 Å². The zero-order valence-corrected chi connectivity index (χ0v) is 10.9. The summed E-state index contributed by atoms with van der Waals surface area (Å²) in [5.41, 5.74) is -0.0809. The van der Waals surface area contributed by atoms with Gasteiger partial charge in [-0.2, -0.15) is 4.98 Å². The van der Waals surface area contributed by atoms with E-state index in [4.69, 9.17) is 9.51 Å². The van der Waals surface area contributed by atoms with E-state index in [-0.39, 0.29) is 5.54 Å². The number of nitrogens with one attached hydrogen (secondary N) is 1. The van der Waals surface area contributed by atoms with Gasteiger partial charge in [0.25, 0.3) is 0 Å². The van der Waals surface area contributed by atoms with Gasteiger partial charge in [-0.3, -0.25) is 0 Å². The highest BCUT2D eigenvalue weighted by Crippen LogP contribution is 2.41. The fraction of sp³-hybridized carbons (Fsp3) is 0.571. The Kier molecular flexibility index (Phi) is 2.48. The van der Waals surface area contributed by atoms with Gasteiger partial charge in [0, 0.05) is 25.5 Å². The van der Waals surface area contributed by atoms with Gasteiger partial charge in [0.15, 0.2) is 5.82 Å². The van der Waals surface area contributed by atoms with E-state index in [9.17, 15) is 0 Å². The van der Waals surface area contributed by atoms with Gasteiger partial charge in [0.1, 0.15) is 5.54 Å². The van der Waals surface area contributed by atoms with Crippen molar-refractivity contribution in [3.63, 3.8) is 0 Å². The van der Waals surface area contributed by atoms with Crippen LogP contribution in [0.5, 0.6) is 0 Å². The molecule has 0 spiro atoms. The summed E-state index contributed by atoms with van der Waals surface area (Å²) in [5, 5.41) is 7.54. The first-order valence-electron chi connectivity index (χ1n) is 7.07. The molecule has 0 aromatic carbocycles. The van der Waals surface area contributed by atoms with E-state index < -0.39 is 0 Å². The Bertz CT molecular complexity index is 550. The van der Waals surface area contributed by atoms with Crippen molar-refractivity contribution in [2.75, 3.05) is 13.1 Å². The third-order valence-corrected chi connectivity index (χ3v) is 4.52. The van der Waals surface area contributed by atoms with Crippen LogP contribution in [0.3, 0.4) is 0 Å². The summed E-state index contributed by atoms with van der Waals surface area (Å²) < 4.78 is 7.75. The van der Waals surface area contributed by atoms with Gasteiger partial charge in [-0.1, -0.05) is 18.0 Å². The van der Waals surface area contributed by atoms with Crippen LogP contribution >= 0.6 is 0 Å². The molecule has 4 rings (SSSR count). The second-order valence-corrected chi connectivity index (χ2v) is 5.64. The highest BCUT2D eigenvalue weighted by Gasteiger charge is 2.42. The largest absolute Gasteiger partial charge is 0.341 e. The minimum atomic E-state index is -0.0809. The molecule has 1 saturated carbocycles. The summed E-state index contributed by atoms with van der Waals surface area (Å²) in [6.07, 6.45) is 8.89. The molecular weight excluding hydrogens is 240 g/mol. The Morgan fingerprint density at radius 2 is 1.95 bits per heavy atom. The fourth-order valence-electron chi connectivity index (χ4n) is 3.23. The molecule has 5 nitrogen and oxygen atoms in total. The van der Waals surface area contributed by atoms with Crippen LogP contribution in [0.2, 0.25) is 0 Å². The molecule has 3 heterocycles. The van der Waals surface area contributed by atoms with E-state index in [1.165, 1.54) is 12.8 Å². The van der Waals surface area contributed by atoms with E-state index >= 15 is 0 Å². The van der Waals surface area contributed by atoms with Crippen LogP contribution in [0.4, 0.5) is 0 Å². The number of hydrogen-bond donors (Lipinski definition) is 1. The lowest BCUT2D eigenvalue weighted by atomic mass is 9.96. The molecule has 1 N–H and O–H groups in total. The van der Waals surface area contributed by atoms with Gasteiger partial charge in [-0.15, -0.1) is 0 Å². The minimum Gasteiger partial charge on any atom is -0.341 e. The van der Waals surface area contributed by atoms with Crippen LogP contribution in [0.25, 0.3) is 0 Å². The second-order valence-electron chi connectivity index (χ2n) is 5.64. The quantitative estimate of drug-likeness (QED) is 0.913. The van der Waals surface area contributed by atoms with Crippen LogP contribution in [0.15, 0.2) is 29.0 Å². The molecule has 100 valence electrons. The van der Waals surface area contributed by atoms with Crippen molar-refractivity contribution in [1.82, 2.24) is 20.0 Å². The summed E-state index contributed by atoms with van der Waals surface area (Å²) in [7, 11) is 0. The maximum Gasteiger partial charge on any atom is 0.232 e. The average molecular weight is 258 g/mol. The summed E-state index contributed by atoms with van der Waals surface area (Å²) in [6.45, 7) is 1.91. The zero-order chi connectivity index (χ0) is 12.7. The molecule has 1 aliphatic carbocycles. The molecule has 5 heteroatoms. The van der Waals surface area contributed by atoms with Gasteiger partial charge in [0.2, 0.25) is 5.89 Å². The van der Waals surface area contributed by atoms with Crippen molar-refractivity contribution < 1.29 is 4.52 Å². The maximum atomic E-state index is 5.49. The Hall–Kier alpha value is -1.62. The normalized spacial score (nSPS) is 22.5. The third kappa shape index (κ3) is 1.64. The highest BCUT2D eigenvalue weighted by molar-refractivity contribution is 5.15. The molecule has 2 aromatic rings. The van der Waals surface area contributed by atoms with E-state index in [1.54, 1.807) is 0 Å². The van der Waals surface area contributed by atoms with Gasteiger partial charge in [-0.05, 0) is 25.0 Å². The molecule has 0 bridgehead atoms. The number of nitrogens with zero attached hydrogens (tertiary/aromatic N) is 3. The number of hydrogen-bond acceptors (Lipinski definition) is 4. The molecule has 0 unspecified atom stereocenters. The lowest BCUT2D eigenvalue weighted by Gasteiger charge is -2.27. The Morgan fingerprint density at radius 1 is 1.21 bits per heavy atom. The molecule has 19 heavy (non-hydrogen) atoms. The Morgan fingerprint density at radius 3 is 2.58 bits per heavy atom. The first-order valence-corrected chi connectivity index (χ1v) is 7.07. The van der Waals surface area contributed by atoms with Gasteiger partial charge < -0.3 is 14.4 Å². The molecule has 0 amide bonds. The van der Waals surface area contributed by atoms with Crippen LogP contribution < -0.4 is 5.32 Å². The predicted molar refractivity (Wildman–Crippen MR) is 69.9 cm³/mol. The van der Waals surface area contributed by atoms with E-state index in [1.807, 2.05) is 0 Å². The zero-order valence-electron chi connectivity index (χ0n) is 10.9. The average Bonchev–Trinajstić information content (AvgIpc) is 3.09. The van der Waals surface area contributed by atoms with Crippen molar-refractivity contribution in [3.8, 4) is 0 Å². The summed E-state index contributed by atoms with van der Waals surface area (Å²) >= 11 is 0. The topological polar surface area (TPSA) is 55.9 Å². The summed E-state index contributed by atoms with van der Waals surface area (Å²) in [4.78, 5) is 4.70. The molecule has 0 atom stereocenters. The number of rotatable bonds is 3. The standard InChI is InChI=1S/C14H18N4O/c1-2-6-14(5-1,18-7-3-4-8-18)13-16-12(19-17-13)11-9-15-10-11/h3-4,7-8,11,15H,1-2,5-6,9-10H2. The van der Waals surface area contributed by atoms with Crippen molar-refractivity contribution in [2.24, 2.45) is 0 Å². The molecule has 2 aromatic heterocycles.